The van der Waals surface area contributed by atoms with E-state index in [1.165, 1.54) is 69.2 Å². The van der Waals surface area contributed by atoms with Gasteiger partial charge in [0.05, 0.1) is 54.3 Å². The van der Waals surface area contributed by atoms with E-state index >= 15 is 8.78 Å². The third kappa shape index (κ3) is 14.4. The van der Waals surface area contributed by atoms with Crippen molar-refractivity contribution in [1.82, 2.24) is 9.13 Å². The first kappa shape index (κ1) is 65.9. The predicted octanol–water partition coefficient (Wildman–Crippen LogP) is 21.9. The van der Waals surface area contributed by atoms with Crippen LogP contribution in [0.4, 0.5) is 8.78 Å². The molecular weight excluding hydrogens is 1310 g/mol. The first-order valence-electron chi connectivity index (χ1n) is 30.2. The van der Waals surface area contributed by atoms with Gasteiger partial charge in [0.15, 0.2) is 24.7 Å². The van der Waals surface area contributed by atoms with Crippen molar-refractivity contribution in [3.8, 4) is 55.3 Å². The van der Waals surface area contributed by atoms with E-state index in [1.807, 2.05) is 71.4 Å². The third-order valence-corrected chi connectivity index (χ3v) is 18.2. The first-order valence-corrected chi connectivity index (χ1v) is 31.9. The van der Waals surface area contributed by atoms with Crippen LogP contribution in [-0.4, -0.2) is 42.0 Å². The summed E-state index contributed by atoms with van der Waals surface area (Å²) >= 11 is 2.75. The molecule has 0 radical (unpaired) electrons. The summed E-state index contributed by atoms with van der Waals surface area (Å²) in [4.78, 5) is 1.10. The molecule has 4 heterocycles. The molecule has 0 saturated heterocycles. The summed E-state index contributed by atoms with van der Waals surface area (Å²) in [5, 5.41) is 32.6. The van der Waals surface area contributed by atoms with Crippen LogP contribution in [0.2, 0.25) is 0 Å². The molecule has 89 heavy (non-hydrogen) atoms. The number of halogens is 2. The molecule has 11 heteroatoms. The number of aromatic nitrogens is 2. The van der Waals surface area contributed by atoms with Crippen LogP contribution in [-0.2, 0) is 47.5 Å². The molecule has 458 valence electrons. The van der Waals surface area contributed by atoms with Crippen LogP contribution in [0.25, 0.3) is 75.9 Å². The molecule has 4 aromatic heterocycles. The molecule has 0 aliphatic carbocycles. The summed E-state index contributed by atoms with van der Waals surface area (Å²) < 4.78 is 44.3. The molecule has 0 aliphatic rings. The Morgan fingerprint density at radius 2 is 0.697 bits per heavy atom. The fraction of sp³-hybridized carbons (Fsp3) is 0.256. The number of hydrogen-bond acceptors (Lipinski definition) is 4. The number of nitrogens with zero attached hydrogens (tertiary/aromatic N) is 2. The first-order chi connectivity index (χ1) is 41.7. The van der Waals surface area contributed by atoms with Crippen molar-refractivity contribution in [2.24, 2.45) is 0 Å². The van der Waals surface area contributed by atoms with Crippen molar-refractivity contribution in [3.05, 3.63) is 239 Å². The second kappa shape index (κ2) is 26.5. The quantitative estimate of drug-likeness (QED) is 0.0586. The maximum absolute atomic E-state index is 15.1. The third-order valence-electron chi connectivity index (χ3n) is 16.2. The minimum absolute atomic E-state index is 0. The van der Waals surface area contributed by atoms with Crippen molar-refractivity contribution < 1.29 is 54.3 Å². The number of unbranched alkanes of at least 4 members (excludes halogenated alkanes) is 1. The fourth-order valence-electron chi connectivity index (χ4n) is 11.1. The van der Waals surface area contributed by atoms with Crippen molar-refractivity contribution in [1.29, 1.82) is 0 Å². The number of benzene rings is 8. The van der Waals surface area contributed by atoms with Crippen molar-refractivity contribution in [2.45, 2.75) is 118 Å². The minimum atomic E-state index is -0.410. The monoisotopic (exact) mass is 1390 g/mol. The Hall–Kier alpha value is -7.57. The molecule has 12 rings (SSSR count). The Kier molecular flexibility index (Phi) is 19.6. The van der Waals surface area contributed by atoms with E-state index in [9.17, 15) is 10.2 Å². The summed E-state index contributed by atoms with van der Waals surface area (Å²) in [5.41, 5.74) is 13.2. The van der Waals surface area contributed by atoms with Gasteiger partial charge in [-0.05, 0) is 117 Å². The Bertz CT molecular complexity index is 4030. The Morgan fingerprint density at radius 3 is 0.955 bits per heavy atom. The van der Waals surface area contributed by atoms with Crippen LogP contribution < -0.4 is 0 Å². The van der Waals surface area contributed by atoms with E-state index < -0.39 is 11.6 Å². The van der Waals surface area contributed by atoms with Crippen LogP contribution in [0.1, 0.15) is 129 Å². The summed E-state index contributed by atoms with van der Waals surface area (Å²) in [6.45, 7) is 35.0. The topological polar surface area (TPSA) is 75.9 Å². The maximum atomic E-state index is 15.1. The molecule has 0 spiro atoms. The van der Waals surface area contributed by atoms with Gasteiger partial charge in [0, 0.05) is 83.1 Å². The maximum Gasteiger partial charge on any atom is 0.263 e. The normalized spacial score (nSPS) is 12.0. The molecule has 0 saturated carbocycles. The molecule has 12 aromatic rings. The molecule has 4 N–H and O–H groups in total. The zero-order chi connectivity index (χ0) is 63.0. The molecule has 6 nitrogen and oxygen atoms in total. The van der Waals surface area contributed by atoms with Gasteiger partial charge in [0.2, 0.25) is 0 Å². The van der Waals surface area contributed by atoms with Crippen molar-refractivity contribution in [3.63, 3.8) is 0 Å². The van der Waals surface area contributed by atoms with Gasteiger partial charge < -0.3 is 28.8 Å². The Morgan fingerprint density at radius 1 is 0.404 bits per heavy atom. The Labute approximate surface area is 551 Å². The number of rotatable bonds is 11. The van der Waals surface area contributed by atoms with E-state index in [0.717, 1.165) is 54.7 Å². The van der Waals surface area contributed by atoms with Crippen LogP contribution >= 0.6 is 22.7 Å². The van der Waals surface area contributed by atoms with Gasteiger partial charge in [0.1, 0.15) is 11.6 Å². The molecule has 8 aromatic carbocycles. The van der Waals surface area contributed by atoms with E-state index in [1.54, 1.807) is 12.1 Å². The number of ether oxygens (including phenoxy) is 2. The molecule has 0 amide bonds. The van der Waals surface area contributed by atoms with Crippen LogP contribution in [0.3, 0.4) is 0 Å². The molecule has 0 fully saturated rings. The van der Waals surface area contributed by atoms with Gasteiger partial charge >= 0.3 is 0 Å². The zero-order valence-electron chi connectivity index (χ0n) is 53.3. The van der Waals surface area contributed by atoms with E-state index in [2.05, 4.69) is 179 Å². The minimum Gasteiger partial charge on any atom is -0.582 e. The molecule has 0 bridgehead atoms. The SMILES string of the molecule is CC(C)(C)c1ccc2c(c1)c1cc(C(C)(C)C)ccc1n2-c1csc(-c2cc(F)ccc2[OH+]CCCC[OH+]c2ccc(F)cc2-c2scc(-n3c4ccc(C(C)(C)C)cc4c4cc(C(C)(C)C)ccc43)c2O)c1O.[CH2-]c1ccccc1.[CH2-]c1ccccc1.[Hf]. The standard InChI is InChI=1S/C64H66F2N2O4S2.2C7H7.Hf/c1-61(2,3)37-15-21-49-43(29-37)44-30-38(62(4,5)6)16-22-50(44)67(49)53-35-73-59(57(53)69)47-33-41(65)19-25-55(47)71-27-13-14-28-72-56-26-20-42(66)34-48(56)60-58(70)54(36-74-60)68-51-23-17-39(63(7,8)9)31-45(51)46-32-40(64(10,11)12)18-24-52(46)68;2*1-7-5-3-2-4-6-7;/h15-26,29-36,69-70H,13-14,27-28H2,1-12H3;2*2-6H,1H2;/q;2*-1;/p+2. The van der Waals surface area contributed by atoms with Gasteiger partial charge in [-0.3, -0.25) is 0 Å². The van der Waals surface area contributed by atoms with Gasteiger partial charge in [-0.15, -0.1) is 46.9 Å². The molecule has 0 aliphatic heterocycles. The van der Waals surface area contributed by atoms with Gasteiger partial charge in [-0.1, -0.05) is 119 Å². The average Bonchev–Trinajstić information content (AvgIpc) is 1.69. The van der Waals surface area contributed by atoms with E-state index in [4.69, 9.17) is 9.47 Å². The number of aliphatic hydroxyl groups is 2. The second-order valence-corrected chi connectivity index (χ2v) is 28.7. The van der Waals surface area contributed by atoms with Crippen molar-refractivity contribution in [2.75, 3.05) is 13.2 Å². The largest absolute Gasteiger partial charge is 0.582 e. The second-order valence-electron chi connectivity index (χ2n) is 27.0. The summed E-state index contributed by atoms with van der Waals surface area (Å²) in [7, 11) is 0. The molecule has 0 atom stereocenters. The van der Waals surface area contributed by atoms with Crippen LogP contribution in [0.15, 0.2) is 181 Å². The number of aromatic hydroxyl groups is 4. The number of thiophene rings is 2. The average molecular weight is 1390 g/mol. The fourth-order valence-corrected chi connectivity index (χ4v) is 13.0. The smallest absolute Gasteiger partial charge is 0.263 e. The number of hydrogen-bond donors (Lipinski definition) is 2. The van der Waals surface area contributed by atoms with Crippen molar-refractivity contribution >= 4 is 66.3 Å². The molecular formula is C78H82F2HfN2O4S2. The summed E-state index contributed by atoms with van der Waals surface area (Å²) in [5.74, 6) is 0.520. The predicted molar refractivity (Wildman–Crippen MR) is 370 cm³/mol. The van der Waals surface area contributed by atoms with E-state index in [-0.39, 0.29) is 59.0 Å². The van der Waals surface area contributed by atoms with Gasteiger partial charge in [0.25, 0.3) is 11.5 Å². The van der Waals surface area contributed by atoms with Crippen LogP contribution in [0.5, 0.6) is 23.0 Å². The number of fused-ring (bicyclic) bond motifs is 6. The zero-order valence-corrected chi connectivity index (χ0v) is 58.5. The van der Waals surface area contributed by atoms with Crippen LogP contribution in [0, 0.1) is 25.5 Å². The summed E-state index contributed by atoms with van der Waals surface area (Å²) in [6.07, 6.45) is 1.37. The van der Waals surface area contributed by atoms with Gasteiger partial charge in [-0.25, -0.2) is 8.78 Å². The van der Waals surface area contributed by atoms with E-state index in [0.29, 0.717) is 69.8 Å². The van der Waals surface area contributed by atoms with Gasteiger partial charge in [-0.2, -0.15) is 49.2 Å². The Balaban J connectivity index is 0.000000553. The summed E-state index contributed by atoms with van der Waals surface area (Å²) in [6, 6.07) is 55.2. The molecule has 0 unspecified atom stereocenters.